The number of alkyl halides is 3. The molecule has 26 heavy (non-hydrogen) atoms. The van der Waals surface area contributed by atoms with E-state index < -0.39 is 17.6 Å². The minimum Gasteiger partial charge on any atom is -0.492 e. The van der Waals surface area contributed by atoms with Gasteiger partial charge < -0.3 is 10.1 Å². The molecule has 7 heteroatoms. The van der Waals surface area contributed by atoms with Gasteiger partial charge in [-0.1, -0.05) is 19.9 Å². The van der Waals surface area contributed by atoms with Crippen LogP contribution in [0.1, 0.15) is 36.2 Å². The Bertz CT molecular complexity index is 776. The lowest BCUT2D eigenvalue weighted by atomic mass is 10.1. The molecular weight excluding hydrogens is 411 g/mol. The van der Waals surface area contributed by atoms with Crippen LogP contribution in [-0.4, -0.2) is 12.5 Å². The van der Waals surface area contributed by atoms with E-state index in [0.717, 1.165) is 18.6 Å². The predicted octanol–water partition coefficient (Wildman–Crippen LogP) is 6.15. The smallest absolute Gasteiger partial charge is 0.416 e. The third kappa shape index (κ3) is 5.76. The fourth-order valence-corrected chi connectivity index (χ4v) is 2.63. The number of carbonyl (C=O) groups is 1. The number of rotatable bonds is 6. The molecule has 0 fully saturated rings. The molecule has 0 aliphatic carbocycles. The van der Waals surface area contributed by atoms with Gasteiger partial charge in [0.1, 0.15) is 5.75 Å². The first-order valence-electron chi connectivity index (χ1n) is 8.08. The summed E-state index contributed by atoms with van der Waals surface area (Å²) in [5.41, 5.74) is -0.422. The number of carbonyl (C=O) groups excluding carboxylic acids is 1. The van der Waals surface area contributed by atoms with Gasteiger partial charge in [0.25, 0.3) is 5.91 Å². The number of ether oxygens (including phenoxy) is 1. The maximum atomic E-state index is 12.7. The lowest BCUT2D eigenvalue weighted by molar-refractivity contribution is -0.137. The molecule has 0 heterocycles. The van der Waals surface area contributed by atoms with Gasteiger partial charge >= 0.3 is 6.18 Å². The summed E-state index contributed by atoms with van der Waals surface area (Å²) < 4.78 is 44.5. The third-order valence-corrected chi connectivity index (χ3v) is 4.21. The maximum Gasteiger partial charge on any atom is 0.416 e. The van der Waals surface area contributed by atoms with Crippen molar-refractivity contribution in [3.63, 3.8) is 0 Å². The molecule has 0 atom stereocenters. The number of anilines is 1. The number of amides is 1. The number of nitrogens with one attached hydrogen (secondary N) is 1. The highest BCUT2D eigenvalue weighted by Crippen LogP contribution is 2.31. The summed E-state index contributed by atoms with van der Waals surface area (Å²) in [5, 5.41) is 2.47. The van der Waals surface area contributed by atoms with Crippen LogP contribution in [0.5, 0.6) is 5.75 Å². The van der Waals surface area contributed by atoms with Crippen molar-refractivity contribution in [2.45, 2.75) is 26.4 Å². The van der Waals surface area contributed by atoms with Gasteiger partial charge in [0.05, 0.1) is 16.6 Å². The summed E-state index contributed by atoms with van der Waals surface area (Å²) in [6, 6.07) is 9.31. The van der Waals surface area contributed by atoms with Crippen LogP contribution in [0, 0.1) is 5.92 Å². The largest absolute Gasteiger partial charge is 0.492 e. The van der Waals surface area contributed by atoms with Crippen molar-refractivity contribution >= 4 is 27.5 Å². The Balaban J connectivity index is 2.07. The SMILES string of the molecule is CC(C)CCOc1ccc(C(=O)Nc2cccc(C(F)(F)F)c2)cc1Br. The third-order valence-electron chi connectivity index (χ3n) is 3.59. The summed E-state index contributed by atoms with van der Waals surface area (Å²) in [6.45, 7) is 4.76. The monoisotopic (exact) mass is 429 g/mol. The van der Waals surface area contributed by atoms with E-state index >= 15 is 0 Å². The van der Waals surface area contributed by atoms with Crippen molar-refractivity contribution in [1.82, 2.24) is 0 Å². The van der Waals surface area contributed by atoms with Crippen molar-refractivity contribution in [1.29, 1.82) is 0 Å². The first-order valence-corrected chi connectivity index (χ1v) is 8.87. The average molecular weight is 430 g/mol. The molecule has 2 rings (SSSR count). The van der Waals surface area contributed by atoms with Gasteiger partial charge in [-0.15, -0.1) is 0 Å². The predicted molar refractivity (Wildman–Crippen MR) is 98.5 cm³/mol. The van der Waals surface area contributed by atoms with Crippen molar-refractivity contribution in [3.05, 3.63) is 58.1 Å². The van der Waals surface area contributed by atoms with Crippen LogP contribution < -0.4 is 10.1 Å². The average Bonchev–Trinajstić information content (AvgIpc) is 2.55. The van der Waals surface area contributed by atoms with Gasteiger partial charge in [-0.05, 0) is 64.7 Å². The minimum atomic E-state index is -4.46. The van der Waals surface area contributed by atoms with Gasteiger partial charge in [-0.25, -0.2) is 0 Å². The molecule has 0 saturated heterocycles. The van der Waals surface area contributed by atoms with Gasteiger partial charge in [0.2, 0.25) is 0 Å². The van der Waals surface area contributed by atoms with E-state index in [9.17, 15) is 18.0 Å². The number of benzene rings is 2. The van der Waals surface area contributed by atoms with Crippen LogP contribution in [0.4, 0.5) is 18.9 Å². The van der Waals surface area contributed by atoms with Crippen LogP contribution in [0.3, 0.4) is 0 Å². The van der Waals surface area contributed by atoms with E-state index in [-0.39, 0.29) is 5.69 Å². The second kappa shape index (κ2) is 8.58. The molecule has 0 spiro atoms. The van der Waals surface area contributed by atoms with E-state index in [0.29, 0.717) is 28.3 Å². The van der Waals surface area contributed by atoms with Crippen molar-refractivity contribution in [2.75, 3.05) is 11.9 Å². The van der Waals surface area contributed by atoms with Gasteiger partial charge in [0.15, 0.2) is 0 Å². The fraction of sp³-hybridized carbons (Fsp3) is 0.316. The molecule has 0 aliphatic rings. The summed E-state index contributed by atoms with van der Waals surface area (Å²) in [6.07, 6.45) is -3.55. The molecule has 0 aliphatic heterocycles. The molecule has 1 N–H and O–H groups in total. The Morgan fingerprint density at radius 3 is 2.54 bits per heavy atom. The standard InChI is InChI=1S/C19H19BrF3NO2/c1-12(2)8-9-26-17-7-6-13(10-16(17)20)18(25)24-15-5-3-4-14(11-15)19(21,22)23/h3-7,10-12H,8-9H2,1-2H3,(H,24,25). The van der Waals surface area contributed by atoms with Gasteiger partial charge in [0, 0.05) is 11.3 Å². The van der Waals surface area contributed by atoms with Crippen LogP contribution in [0.2, 0.25) is 0 Å². The summed E-state index contributed by atoms with van der Waals surface area (Å²) in [7, 11) is 0. The first-order chi connectivity index (χ1) is 12.2. The summed E-state index contributed by atoms with van der Waals surface area (Å²) in [5.74, 6) is 0.631. The topological polar surface area (TPSA) is 38.3 Å². The summed E-state index contributed by atoms with van der Waals surface area (Å²) in [4.78, 5) is 12.3. The highest BCUT2D eigenvalue weighted by Gasteiger charge is 2.30. The van der Waals surface area contributed by atoms with E-state index in [1.165, 1.54) is 12.1 Å². The molecule has 2 aromatic carbocycles. The quantitative estimate of drug-likeness (QED) is 0.598. The zero-order chi connectivity index (χ0) is 19.3. The maximum absolute atomic E-state index is 12.7. The Morgan fingerprint density at radius 2 is 1.92 bits per heavy atom. The first kappa shape index (κ1) is 20.3. The van der Waals surface area contributed by atoms with E-state index in [2.05, 4.69) is 35.1 Å². The molecule has 140 valence electrons. The van der Waals surface area contributed by atoms with E-state index in [1.807, 2.05) is 0 Å². The Hall–Kier alpha value is -2.02. The van der Waals surface area contributed by atoms with E-state index in [4.69, 9.17) is 4.74 Å². The lowest BCUT2D eigenvalue weighted by Gasteiger charge is -2.12. The molecule has 0 bridgehead atoms. The molecule has 0 saturated carbocycles. The van der Waals surface area contributed by atoms with Crippen molar-refractivity contribution in [2.24, 2.45) is 5.92 Å². The molecule has 0 aromatic heterocycles. The van der Waals surface area contributed by atoms with Crippen LogP contribution >= 0.6 is 15.9 Å². The highest BCUT2D eigenvalue weighted by atomic mass is 79.9. The lowest BCUT2D eigenvalue weighted by Crippen LogP contribution is -2.13. The minimum absolute atomic E-state index is 0.0817. The zero-order valence-electron chi connectivity index (χ0n) is 14.4. The zero-order valence-corrected chi connectivity index (χ0v) is 15.9. The van der Waals surface area contributed by atoms with E-state index in [1.54, 1.807) is 18.2 Å². The number of hydrogen-bond acceptors (Lipinski definition) is 2. The molecule has 3 nitrogen and oxygen atoms in total. The molecule has 0 unspecified atom stereocenters. The summed E-state index contributed by atoms with van der Waals surface area (Å²) >= 11 is 3.35. The Morgan fingerprint density at radius 1 is 1.19 bits per heavy atom. The van der Waals surface area contributed by atoms with Gasteiger partial charge in [-0.3, -0.25) is 4.79 Å². The molecule has 0 radical (unpaired) electrons. The Kier molecular flexibility index (Phi) is 6.69. The second-order valence-electron chi connectivity index (χ2n) is 6.21. The Labute approximate surface area is 158 Å². The molecule has 2 aromatic rings. The van der Waals surface area contributed by atoms with Crippen molar-refractivity contribution < 1.29 is 22.7 Å². The van der Waals surface area contributed by atoms with Crippen LogP contribution in [0.15, 0.2) is 46.9 Å². The normalized spacial score (nSPS) is 11.5. The fourth-order valence-electron chi connectivity index (χ4n) is 2.14. The van der Waals surface area contributed by atoms with Gasteiger partial charge in [-0.2, -0.15) is 13.2 Å². The highest BCUT2D eigenvalue weighted by molar-refractivity contribution is 9.10. The number of halogens is 4. The second-order valence-corrected chi connectivity index (χ2v) is 7.06. The van der Waals surface area contributed by atoms with Crippen LogP contribution in [0.25, 0.3) is 0 Å². The van der Waals surface area contributed by atoms with Crippen molar-refractivity contribution in [3.8, 4) is 5.75 Å². The molecular formula is C19H19BrF3NO2. The number of hydrogen-bond donors (Lipinski definition) is 1. The van der Waals surface area contributed by atoms with Crippen LogP contribution in [-0.2, 0) is 6.18 Å². The molecule has 1 amide bonds.